The summed E-state index contributed by atoms with van der Waals surface area (Å²) in [6.07, 6.45) is 0. The molecule has 99 heavy (non-hydrogen) atoms. The molecular formula is C88H62N2O8S. The molecule has 2 heterocycles. The van der Waals surface area contributed by atoms with Crippen LogP contribution < -0.4 is 18.9 Å². The highest BCUT2D eigenvalue weighted by Crippen LogP contribution is 2.63. The van der Waals surface area contributed by atoms with Crippen molar-refractivity contribution in [3.05, 3.63) is 323 Å². The van der Waals surface area contributed by atoms with Crippen molar-refractivity contribution in [2.24, 2.45) is 0 Å². The number of esters is 2. The molecular weight excluding hydrogens is 1250 g/mol. The van der Waals surface area contributed by atoms with Crippen LogP contribution in [0.15, 0.2) is 267 Å². The summed E-state index contributed by atoms with van der Waals surface area (Å²) in [6, 6.07) is 93.4. The Hall–Kier alpha value is -12.2. The Kier molecular flexibility index (Phi) is 14.6. The quantitative estimate of drug-likeness (QED) is 0.0770. The van der Waals surface area contributed by atoms with Crippen LogP contribution >= 0.6 is 11.3 Å². The van der Waals surface area contributed by atoms with Gasteiger partial charge in [0.1, 0.15) is 34.0 Å². The van der Waals surface area contributed by atoms with Crippen LogP contribution in [0.1, 0.15) is 65.2 Å². The third kappa shape index (κ3) is 9.21. The Bertz CT molecular complexity index is 5320. The number of ether oxygens (including phenoxy) is 6. The maximum atomic E-state index is 12.7. The minimum Gasteiger partial charge on any atom is -0.497 e. The SMILES string of the molecule is COC(=O)c1ccc(-c2ccc3c(c2)c2cc(-c4ccc(C(=O)OC)cc4)ccc2c2nc4c(-c5cccc6c5-c5ccccc5C6(c5ccc(OC)cc5)c5ccc(OC)cc5)sc(-c5cccc6c5-c5ccccc5C6(c5ccc(OC)cc5)c5ccc(OC)cc5)c4nc32)cc1. The van der Waals surface area contributed by atoms with Crippen LogP contribution in [0.25, 0.3) is 109 Å². The maximum absolute atomic E-state index is 12.7. The van der Waals surface area contributed by atoms with Crippen molar-refractivity contribution in [3.8, 4) is 88.4 Å². The van der Waals surface area contributed by atoms with Crippen LogP contribution in [0, 0.1) is 0 Å². The summed E-state index contributed by atoms with van der Waals surface area (Å²) >= 11 is 1.74. The van der Waals surface area contributed by atoms with Crippen LogP contribution in [0.5, 0.6) is 23.0 Å². The predicted molar refractivity (Wildman–Crippen MR) is 395 cm³/mol. The second-order valence-electron chi connectivity index (χ2n) is 25.0. The zero-order chi connectivity index (χ0) is 67.3. The average molecular weight is 1310 g/mol. The molecule has 0 saturated heterocycles. The third-order valence-electron chi connectivity index (χ3n) is 20.4. The molecule has 478 valence electrons. The first-order chi connectivity index (χ1) is 48.6. The number of carbonyl (C=O) groups excluding carboxylic acids is 2. The van der Waals surface area contributed by atoms with Crippen molar-refractivity contribution in [3.63, 3.8) is 0 Å². The van der Waals surface area contributed by atoms with Crippen molar-refractivity contribution in [2.45, 2.75) is 10.8 Å². The Morgan fingerprint density at radius 3 is 0.949 bits per heavy atom. The predicted octanol–water partition coefficient (Wildman–Crippen LogP) is 20.2. The van der Waals surface area contributed by atoms with Crippen molar-refractivity contribution in [1.29, 1.82) is 0 Å². The van der Waals surface area contributed by atoms with E-state index in [2.05, 4.69) is 218 Å². The lowest BCUT2D eigenvalue weighted by Gasteiger charge is -2.34. The molecule has 0 saturated carbocycles. The summed E-state index contributed by atoms with van der Waals surface area (Å²) in [6.45, 7) is 0. The molecule has 17 rings (SSSR count). The molecule has 0 unspecified atom stereocenters. The number of aromatic nitrogens is 2. The van der Waals surface area contributed by atoms with E-state index in [-0.39, 0.29) is 0 Å². The maximum Gasteiger partial charge on any atom is 0.337 e. The number of benzene rings is 13. The van der Waals surface area contributed by atoms with Crippen LogP contribution in [0.4, 0.5) is 0 Å². The molecule has 0 N–H and O–H groups in total. The highest BCUT2D eigenvalue weighted by molar-refractivity contribution is 7.21. The van der Waals surface area contributed by atoms with Gasteiger partial charge in [-0.15, -0.1) is 11.3 Å². The van der Waals surface area contributed by atoms with E-state index in [0.717, 1.165) is 177 Å². The average Bonchev–Trinajstić information content (AvgIpc) is 1.54. The van der Waals surface area contributed by atoms with Crippen molar-refractivity contribution in [1.82, 2.24) is 9.97 Å². The normalized spacial score (nSPS) is 13.0. The molecule has 0 radical (unpaired) electrons. The first-order valence-electron chi connectivity index (χ1n) is 32.7. The van der Waals surface area contributed by atoms with E-state index in [1.165, 1.54) is 14.2 Å². The van der Waals surface area contributed by atoms with Crippen LogP contribution in [-0.4, -0.2) is 64.6 Å². The molecule has 2 aromatic heterocycles. The number of nitrogens with zero attached hydrogens (tertiary/aromatic N) is 2. The largest absolute Gasteiger partial charge is 0.497 e. The number of hydrogen-bond donors (Lipinski definition) is 0. The molecule has 0 spiro atoms. The number of rotatable bonds is 14. The second-order valence-corrected chi connectivity index (χ2v) is 26.0. The third-order valence-corrected chi connectivity index (χ3v) is 21.6. The van der Waals surface area contributed by atoms with Crippen LogP contribution in [0.2, 0.25) is 0 Å². The summed E-state index contributed by atoms with van der Waals surface area (Å²) in [5.41, 5.74) is 21.6. The minimum absolute atomic E-state index is 0.402. The number of thiophene rings is 1. The number of fused-ring (bicyclic) bond motifs is 13. The fourth-order valence-electron chi connectivity index (χ4n) is 15.8. The van der Waals surface area contributed by atoms with E-state index in [1.807, 2.05) is 24.3 Å². The molecule has 15 aromatic rings. The number of carbonyl (C=O) groups is 2. The first kappa shape index (κ1) is 60.5. The van der Waals surface area contributed by atoms with Gasteiger partial charge in [0.2, 0.25) is 0 Å². The molecule has 0 amide bonds. The molecule has 0 aliphatic heterocycles. The van der Waals surface area contributed by atoms with Gasteiger partial charge >= 0.3 is 11.9 Å². The Labute approximate surface area is 575 Å². The van der Waals surface area contributed by atoms with Gasteiger partial charge in [-0.3, -0.25) is 0 Å². The summed E-state index contributed by atoms with van der Waals surface area (Å²) in [4.78, 5) is 39.6. The summed E-state index contributed by atoms with van der Waals surface area (Å²) in [5.74, 6) is 2.27. The Balaban J connectivity index is 0.988. The van der Waals surface area contributed by atoms with E-state index in [4.69, 9.17) is 38.4 Å². The van der Waals surface area contributed by atoms with Crippen molar-refractivity contribution in [2.75, 3.05) is 42.7 Å². The van der Waals surface area contributed by atoms with Gasteiger partial charge in [-0.1, -0.05) is 182 Å². The van der Waals surface area contributed by atoms with Crippen LogP contribution in [-0.2, 0) is 20.3 Å². The summed E-state index contributed by atoms with van der Waals surface area (Å²) in [5, 5.41) is 3.77. The molecule has 0 fully saturated rings. The van der Waals surface area contributed by atoms with E-state index >= 15 is 0 Å². The highest BCUT2D eigenvalue weighted by atomic mass is 32.1. The van der Waals surface area contributed by atoms with E-state index < -0.39 is 22.8 Å². The van der Waals surface area contributed by atoms with Gasteiger partial charge in [-0.2, -0.15) is 0 Å². The highest BCUT2D eigenvalue weighted by Gasteiger charge is 2.49. The zero-order valence-corrected chi connectivity index (χ0v) is 55.8. The van der Waals surface area contributed by atoms with Gasteiger partial charge in [0.25, 0.3) is 0 Å². The van der Waals surface area contributed by atoms with E-state index in [0.29, 0.717) is 11.1 Å². The van der Waals surface area contributed by atoms with Gasteiger partial charge in [-0.05, 0) is 185 Å². The summed E-state index contributed by atoms with van der Waals surface area (Å²) in [7, 11) is 9.60. The molecule has 10 nitrogen and oxygen atoms in total. The fraction of sp³-hybridized carbons (Fsp3) is 0.0909. The lowest BCUT2D eigenvalue weighted by Crippen LogP contribution is -2.28. The monoisotopic (exact) mass is 1310 g/mol. The molecule has 2 aliphatic carbocycles. The van der Waals surface area contributed by atoms with Gasteiger partial charge in [0.05, 0.1) is 85.4 Å². The summed E-state index contributed by atoms with van der Waals surface area (Å²) < 4.78 is 33.4. The van der Waals surface area contributed by atoms with Gasteiger partial charge in [-0.25, -0.2) is 19.6 Å². The van der Waals surface area contributed by atoms with Gasteiger partial charge in [0, 0.05) is 21.9 Å². The van der Waals surface area contributed by atoms with E-state index in [1.54, 1.807) is 64.0 Å². The molecule has 13 aromatic carbocycles. The van der Waals surface area contributed by atoms with Crippen molar-refractivity contribution >= 4 is 66.9 Å². The molecule has 0 atom stereocenters. The standard InChI is InChI=1S/C88H62N2O8S/c1-93-61-39-31-57(32-40-61)87(58-33-41-62(94-2)42-34-58)73-17-9-7-13-67(73)77-69(15-11-19-75(77)87)83-81-82(84(99-83)70-16-12-20-76-78(70)68-14-8-10-18-74(68)88(76,59-35-43-63(95-3)44-36-59)60-37-45-64(96-4)46-38-60)90-80-66-48-30-56(52-23-27-54(28-24-52)86(92)98-6)50-72(66)71-49-55(29-47-65(71)79(80)89-81)51-21-25-53(26-22-51)85(91)97-5/h7-50H,1-6H3. The Morgan fingerprint density at radius 1 is 0.303 bits per heavy atom. The molecule has 2 aliphatic rings. The van der Waals surface area contributed by atoms with Gasteiger partial charge in [0.15, 0.2) is 0 Å². The number of methoxy groups -OCH3 is 6. The Morgan fingerprint density at radius 2 is 0.616 bits per heavy atom. The van der Waals surface area contributed by atoms with Gasteiger partial charge < -0.3 is 28.4 Å². The first-order valence-corrected chi connectivity index (χ1v) is 33.5. The minimum atomic E-state index is -0.778. The lowest BCUT2D eigenvalue weighted by molar-refractivity contribution is 0.0592. The second kappa shape index (κ2) is 23.9. The molecule has 0 bridgehead atoms. The smallest absolute Gasteiger partial charge is 0.337 e. The van der Waals surface area contributed by atoms with Crippen molar-refractivity contribution < 1.29 is 38.0 Å². The fourth-order valence-corrected chi connectivity index (χ4v) is 17.0. The number of hydrogen-bond acceptors (Lipinski definition) is 11. The van der Waals surface area contributed by atoms with Crippen LogP contribution in [0.3, 0.4) is 0 Å². The van der Waals surface area contributed by atoms with E-state index in [9.17, 15) is 9.59 Å². The topological polar surface area (TPSA) is 115 Å². The molecule has 11 heteroatoms. The lowest BCUT2D eigenvalue weighted by atomic mass is 9.67. The zero-order valence-electron chi connectivity index (χ0n) is 55.0.